The Morgan fingerprint density at radius 3 is 2.92 bits per heavy atom. The van der Waals surface area contributed by atoms with Gasteiger partial charge >= 0.3 is 0 Å². The SMILES string of the molecule is C/C=C\C=C(/C)CN1CC(=O)N(C2=CCC(N)C=C2N=CN)C(C)=N1. The van der Waals surface area contributed by atoms with E-state index in [1.807, 2.05) is 51.2 Å². The molecule has 0 fully saturated rings. The van der Waals surface area contributed by atoms with Crippen LogP contribution in [0.15, 0.2) is 57.4 Å². The molecule has 134 valence electrons. The summed E-state index contributed by atoms with van der Waals surface area (Å²) < 4.78 is 0. The summed E-state index contributed by atoms with van der Waals surface area (Å²) in [5, 5.41) is 6.33. The van der Waals surface area contributed by atoms with Gasteiger partial charge in [-0.05, 0) is 33.3 Å². The zero-order valence-electron chi connectivity index (χ0n) is 15.0. The zero-order chi connectivity index (χ0) is 18.4. The van der Waals surface area contributed by atoms with E-state index in [0.29, 0.717) is 30.2 Å². The molecule has 2 aliphatic rings. The van der Waals surface area contributed by atoms with Crippen LogP contribution < -0.4 is 11.5 Å². The van der Waals surface area contributed by atoms with Gasteiger partial charge in [-0.2, -0.15) is 5.10 Å². The van der Waals surface area contributed by atoms with E-state index >= 15 is 0 Å². The third-order valence-corrected chi connectivity index (χ3v) is 3.85. The molecule has 0 spiro atoms. The Bertz CT molecular complexity index is 698. The Labute approximate surface area is 148 Å². The van der Waals surface area contributed by atoms with Gasteiger partial charge in [0.1, 0.15) is 12.4 Å². The molecule has 0 saturated heterocycles. The first-order valence-electron chi connectivity index (χ1n) is 8.30. The number of hydrazone groups is 1. The lowest BCUT2D eigenvalue weighted by Crippen LogP contribution is -2.47. The smallest absolute Gasteiger partial charge is 0.253 e. The average molecular weight is 342 g/mol. The predicted octanol–water partition coefficient (Wildman–Crippen LogP) is 1.47. The standard InChI is InChI=1S/C18H26N6O/c1-4-5-6-13(2)10-23-11-18(25)24(14(3)22-23)17-8-7-15(20)9-16(17)21-12-19/h4-6,8-9,12,15H,7,10-11,20H2,1-3H3,(H2,19,21)/b5-4-,13-6+. The summed E-state index contributed by atoms with van der Waals surface area (Å²) in [6.45, 7) is 6.61. The number of amides is 1. The normalized spacial score (nSPS) is 22.6. The zero-order valence-corrected chi connectivity index (χ0v) is 15.0. The lowest BCUT2D eigenvalue weighted by molar-refractivity contribution is -0.128. The molecular formula is C18H26N6O. The monoisotopic (exact) mass is 342 g/mol. The van der Waals surface area contributed by atoms with Crippen LogP contribution >= 0.6 is 0 Å². The molecule has 4 N–H and O–H groups in total. The molecule has 0 radical (unpaired) electrons. The van der Waals surface area contributed by atoms with Crippen LogP contribution in [-0.2, 0) is 4.79 Å². The Kier molecular flexibility index (Phi) is 6.30. The molecule has 0 saturated carbocycles. The number of hydrogen-bond donors (Lipinski definition) is 2. The van der Waals surface area contributed by atoms with Crippen LogP contribution in [0.5, 0.6) is 0 Å². The van der Waals surface area contributed by atoms with Gasteiger partial charge in [0, 0.05) is 6.04 Å². The van der Waals surface area contributed by atoms with E-state index in [9.17, 15) is 4.79 Å². The van der Waals surface area contributed by atoms with E-state index in [2.05, 4.69) is 10.1 Å². The highest BCUT2D eigenvalue weighted by atomic mass is 16.2. The second-order valence-corrected chi connectivity index (χ2v) is 6.06. The molecule has 7 nitrogen and oxygen atoms in total. The van der Waals surface area contributed by atoms with Crippen molar-refractivity contribution in [2.45, 2.75) is 33.2 Å². The van der Waals surface area contributed by atoms with Crippen LogP contribution in [0, 0.1) is 0 Å². The van der Waals surface area contributed by atoms with Crippen LogP contribution in [0.2, 0.25) is 0 Å². The van der Waals surface area contributed by atoms with Crippen LogP contribution in [0.4, 0.5) is 0 Å². The Morgan fingerprint density at radius 1 is 1.52 bits per heavy atom. The molecular weight excluding hydrogens is 316 g/mol. The minimum atomic E-state index is -0.129. The number of nitrogens with two attached hydrogens (primary N) is 2. The van der Waals surface area contributed by atoms with E-state index in [1.54, 1.807) is 9.91 Å². The average Bonchev–Trinajstić information content (AvgIpc) is 2.54. The summed E-state index contributed by atoms with van der Waals surface area (Å²) in [5.41, 5.74) is 13.8. The lowest BCUT2D eigenvalue weighted by atomic mass is 10.0. The number of carbonyl (C=O) groups is 1. The molecule has 0 aromatic carbocycles. The number of hydrogen-bond acceptors (Lipinski definition) is 5. The fourth-order valence-electron chi connectivity index (χ4n) is 2.80. The van der Waals surface area contributed by atoms with Crippen LogP contribution in [0.25, 0.3) is 0 Å². The maximum atomic E-state index is 12.7. The summed E-state index contributed by atoms with van der Waals surface area (Å²) >= 11 is 0. The quantitative estimate of drug-likeness (QED) is 0.449. The molecule has 1 amide bonds. The number of amidine groups is 1. The maximum absolute atomic E-state index is 12.7. The van der Waals surface area contributed by atoms with Crippen LogP contribution in [0.3, 0.4) is 0 Å². The van der Waals surface area contributed by atoms with E-state index in [1.165, 1.54) is 6.34 Å². The van der Waals surface area contributed by atoms with Gasteiger partial charge in [0.2, 0.25) is 0 Å². The molecule has 1 heterocycles. The lowest BCUT2D eigenvalue weighted by Gasteiger charge is -2.34. The summed E-state index contributed by atoms with van der Waals surface area (Å²) in [6.07, 6.45) is 11.5. The molecule has 0 bridgehead atoms. The summed E-state index contributed by atoms with van der Waals surface area (Å²) in [6, 6.07) is -0.129. The van der Waals surface area contributed by atoms with Crippen molar-refractivity contribution < 1.29 is 4.79 Å². The van der Waals surface area contributed by atoms with Crippen LogP contribution in [0.1, 0.15) is 27.2 Å². The molecule has 2 rings (SSSR count). The molecule has 0 aromatic heterocycles. The van der Waals surface area contributed by atoms with E-state index < -0.39 is 0 Å². The summed E-state index contributed by atoms with van der Waals surface area (Å²) in [4.78, 5) is 18.5. The Hall–Kier alpha value is -2.67. The molecule has 25 heavy (non-hydrogen) atoms. The van der Waals surface area contributed by atoms with Gasteiger partial charge in [-0.15, -0.1) is 0 Å². The molecule has 1 aliphatic heterocycles. The predicted molar refractivity (Wildman–Crippen MR) is 102 cm³/mol. The van der Waals surface area contributed by atoms with Crippen molar-refractivity contribution in [3.8, 4) is 0 Å². The topological polar surface area (TPSA) is 100 Å². The van der Waals surface area contributed by atoms with Crippen molar-refractivity contribution in [1.82, 2.24) is 9.91 Å². The number of rotatable bonds is 5. The fraction of sp³-hybridized carbons (Fsp3) is 0.389. The number of allylic oxidation sites excluding steroid dienone is 3. The highest BCUT2D eigenvalue weighted by molar-refractivity contribution is 6.02. The molecule has 1 aliphatic carbocycles. The summed E-state index contributed by atoms with van der Waals surface area (Å²) in [5.74, 6) is 0.557. The van der Waals surface area contributed by atoms with E-state index in [0.717, 1.165) is 5.57 Å². The Morgan fingerprint density at radius 2 is 2.28 bits per heavy atom. The fourth-order valence-corrected chi connectivity index (χ4v) is 2.80. The van der Waals surface area contributed by atoms with Gasteiger partial charge < -0.3 is 11.5 Å². The highest BCUT2D eigenvalue weighted by Gasteiger charge is 2.30. The molecule has 7 heteroatoms. The van der Waals surface area contributed by atoms with Crippen LogP contribution in [-0.4, -0.2) is 47.1 Å². The largest absolute Gasteiger partial charge is 0.390 e. The summed E-state index contributed by atoms with van der Waals surface area (Å²) in [7, 11) is 0. The van der Waals surface area contributed by atoms with Gasteiger partial charge in [-0.25, -0.2) is 4.99 Å². The third-order valence-electron chi connectivity index (χ3n) is 3.85. The molecule has 1 unspecified atom stereocenters. The number of carbonyl (C=O) groups excluding carboxylic acids is 1. The first kappa shape index (κ1) is 18.7. The van der Waals surface area contributed by atoms with Crippen molar-refractivity contribution in [3.05, 3.63) is 47.3 Å². The highest BCUT2D eigenvalue weighted by Crippen LogP contribution is 2.25. The Balaban J connectivity index is 2.23. The van der Waals surface area contributed by atoms with Crippen molar-refractivity contribution in [3.63, 3.8) is 0 Å². The second kappa shape index (κ2) is 8.43. The van der Waals surface area contributed by atoms with Crippen molar-refractivity contribution in [2.75, 3.05) is 13.1 Å². The first-order valence-corrected chi connectivity index (χ1v) is 8.30. The van der Waals surface area contributed by atoms with E-state index in [4.69, 9.17) is 11.5 Å². The number of nitrogens with zero attached hydrogens (tertiary/aromatic N) is 4. The van der Waals surface area contributed by atoms with Gasteiger partial charge in [-0.1, -0.05) is 29.9 Å². The molecule has 1 atom stereocenters. The van der Waals surface area contributed by atoms with Gasteiger partial charge in [0.25, 0.3) is 5.91 Å². The minimum absolute atomic E-state index is 0.0498. The number of aliphatic imine (C=N–C) groups is 1. The van der Waals surface area contributed by atoms with Crippen molar-refractivity contribution in [2.24, 2.45) is 21.6 Å². The van der Waals surface area contributed by atoms with Gasteiger partial charge in [0.05, 0.1) is 24.3 Å². The minimum Gasteiger partial charge on any atom is -0.390 e. The second-order valence-electron chi connectivity index (χ2n) is 6.06. The van der Waals surface area contributed by atoms with E-state index in [-0.39, 0.29) is 18.5 Å². The van der Waals surface area contributed by atoms with Crippen molar-refractivity contribution >= 4 is 18.1 Å². The first-order chi connectivity index (χ1) is 12.0. The maximum Gasteiger partial charge on any atom is 0.253 e. The van der Waals surface area contributed by atoms with Gasteiger partial charge in [-0.3, -0.25) is 14.7 Å². The van der Waals surface area contributed by atoms with Crippen molar-refractivity contribution in [1.29, 1.82) is 0 Å². The third kappa shape index (κ3) is 4.67. The molecule has 0 aromatic rings. The van der Waals surface area contributed by atoms with Gasteiger partial charge in [0.15, 0.2) is 0 Å².